The highest BCUT2D eigenvalue weighted by Gasteiger charge is 2.32. The van der Waals surface area contributed by atoms with E-state index < -0.39 is 0 Å². The predicted molar refractivity (Wildman–Crippen MR) is 102 cm³/mol. The van der Waals surface area contributed by atoms with Crippen LogP contribution in [0.15, 0.2) is 54.6 Å². The average molecular weight is 354 g/mol. The maximum absolute atomic E-state index is 13.7. The highest BCUT2D eigenvalue weighted by molar-refractivity contribution is 5.24. The van der Waals surface area contributed by atoms with Gasteiger partial charge in [-0.15, -0.1) is 0 Å². The Labute approximate surface area is 155 Å². The van der Waals surface area contributed by atoms with Gasteiger partial charge in [0.1, 0.15) is 6.10 Å². The van der Waals surface area contributed by atoms with E-state index in [2.05, 4.69) is 40.1 Å². The Bertz CT molecular complexity index is 702. The molecule has 3 nitrogen and oxygen atoms in total. The monoisotopic (exact) mass is 354 g/mol. The molecule has 1 atom stereocenters. The summed E-state index contributed by atoms with van der Waals surface area (Å²) in [6.07, 6.45) is 2.71. The summed E-state index contributed by atoms with van der Waals surface area (Å²) >= 11 is 0. The molecule has 138 valence electrons. The van der Waals surface area contributed by atoms with E-state index in [1.165, 1.54) is 37.6 Å². The van der Waals surface area contributed by atoms with Gasteiger partial charge in [-0.2, -0.15) is 0 Å². The van der Waals surface area contributed by atoms with Crippen LogP contribution in [0.1, 0.15) is 18.4 Å². The van der Waals surface area contributed by atoms with E-state index in [-0.39, 0.29) is 11.9 Å². The molecule has 0 saturated carbocycles. The van der Waals surface area contributed by atoms with E-state index in [0.717, 1.165) is 32.1 Å². The van der Waals surface area contributed by atoms with Crippen LogP contribution in [-0.4, -0.2) is 48.6 Å². The summed E-state index contributed by atoms with van der Waals surface area (Å²) in [6, 6.07) is 17.4. The number of benzene rings is 2. The number of likely N-dealkylation sites (tertiary alicyclic amines) is 2. The molecule has 0 aliphatic carbocycles. The van der Waals surface area contributed by atoms with Gasteiger partial charge in [-0.25, -0.2) is 4.39 Å². The summed E-state index contributed by atoms with van der Waals surface area (Å²) in [5, 5.41) is 0. The molecule has 2 fully saturated rings. The number of ether oxygens (including phenoxy) is 1. The van der Waals surface area contributed by atoms with E-state index in [1.54, 1.807) is 12.1 Å². The lowest BCUT2D eigenvalue weighted by Crippen LogP contribution is -2.56. The summed E-state index contributed by atoms with van der Waals surface area (Å²) in [4.78, 5) is 5.03. The largest absolute Gasteiger partial charge is 0.485 e. The molecule has 0 spiro atoms. The average Bonchev–Trinajstić information content (AvgIpc) is 2.63. The van der Waals surface area contributed by atoms with Crippen molar-refractivity contribution in [3.63, 3.8) is 0 Å². The van der Waals surface area contributed by atoms with Crippen LogP contribution in [0.3, 0.4) is 0 Å². The smallest absolute Gasteiger partial charge is 0.165 e. The highest BCUT2D eigenvalue weighted by Crippen LogP contribution is 2.24. The normalized spacial score (nSPS) is 22.1. The van der Waals surface area contributed by atoms with Crippen LogP contribution in [0.5, 0.6) is 5.75 Å². The molecule has 2 aromatic carbocycles. The quantitative estimate of drug-likeness (QED) is 0.785. The molecule has 4 rings (SSSR count). The van der Waals surface area contributed by atoms with Crippen LogP contribution in [0.2, 0.25) is 0 Å². The molecule has 1 unspecified atom stereocenters. The Kier molecular flexibility index (Phi) is 5.51. The van der Waals surface area contributed by atoms with E-state index in [1.807, 2.05) is 6.07 Å². The van der Waals surface area contributed by atoms with Crippen LogP contribution in [-0.2, 0) is 6.54 Å². The Morgan fingerprint density at radius 2 is 1.69 bits per heavy atom. The third-order valence-corrected chi connectivity index (χ3v) is 5.42. The minimum atomic E-state index is -0.269. The third-order valence-electron chi connectivity index (χ3n) is 5.42. The van der Waals surface area contributed by atoms with Crippen LogP contribution in [0, 0.1) is 11.7 Å². The highest BCUT2D eigenvalue weighted by atomic mass is 19.1. The number of rotatable bonds is 6. The number of hydrogen-bond donors (Lipinski definition) is 0. The molecule has 4 heteroatoms. The van der Waals surface area contributed by atoms with Crippen molar-refractivity contribution in [2.75, 3.05) is 32.7 Å². The molecule has 0 radical (unpaired) electrons. The van der Waals surface area contributed by atoms with Gasteiger partial charge in [0.2, 0.25) is 0 Å². The third kappa shape index (κ3) is 4.43. The number of halogens is 1. The minimum Gasteiger partial charge on any atom is -0.485 e. The van der Waals surface area contributed by atoms with Crippen molar-refractivity contribution in [1.29, 1.82) is 0 Å². The van der Waals surface area contributed by atoms with Gasteiger partial charge in [-0.05, 0) is 43.0 Å². The topological polar surface area (TPSA) is 15.7 Å². The Morgan fingerprint density at radius 3 is 2.50 bits per heavy atom. The number of nitrogens with zero attached hydrogens (tertiary/aromatic N) is 2. The Hall–Kier alpha value is -1.91. The lowest BCUT2D eigenvalue weighted by atomic mass is 9.95. The molecule has 0 N–H and O–H groups in total. The zero-order valence-electron chi connectivity index (χ0n) is 15.2. The van der Waals surface area contributed by atoms with E-state index >= 15 is 0 Å². The molecule has 26 heavy (non-hydrogen) atoms. The molecular formula is C22H27FN2O. The summed E-state index contributed by atoms with van der Waals surface area (Å²) in [6.45, 7) is 6.36. The van der Waals surface area contributed by atoms with Gasteiger partial charge in [0, 0.05) is 32.7 Å². The second-order valence-corrected chi connectivity index (χ2v) is 7.62. The first kappa shape index (κ1) is 17.5. The molecule has 2 saturated heterocycles. The second-order valence-electron chi connectivity index (χ2n) is 7.62. The van der Waals surface area contributed by atoms with Gasteiger partial charge in [-0.3, -0.25) is 9.80 Å². The first-order valence-corrected chi connectivity index (χ1v) is 9.66. The molecular weight excluding hydrogens is 327 g/mol. The molecule has 0 amide bonds. The fraction of sp³-hybridized carbons (Fsp3) is 0.455. The minimum absolute atomic E-state index is 0.121. The predicted octanol–water partition coefficient (Wildman–Crippen LogP) is 3.80. The van der Waals surface area contributed by atoms with Crippen molar-refractivity contribution in [3.05, 3.63) is 66.0 Å². The van der Waals surface area contributed by atoms with E-state index in [0.29, 0.717) is 5.75 Å². The van der Waals surface area contributed by atoms with Crippen LogP contribution in [0.4, 0.5) is 4.39 Å². The fourth-order valence-electron chi connectivity index (χ4n) is 4.12. The molecule has 0 bridgehead atoms. The maximum Gasteiger partial charge on any atom is 0.165 e. The summed E-state index contributed by atoms with van der Waals surface area (Å²) in [5.41, 5.74) is 1.40. The van der Waals surface area contributed by atoms with Crippen LogP contribution >= 0.6 is 0 Å². The summed E-state index contributed by atoms with van der Waals surface area (Å²) in [7, 11) is 0. The van der Waals surface area contributed by atoms with Crippen molar-refractivity contribution in [1.82, 2.24) is 9.80 Å². The lowest BCUT2D eigenvalue weighted by molar-refractivity contribution is -0.000883. The lowest BCUT2D eigenvalue weighted by Gasteiger charge is -2.42. The standard InChI is InChI=1S/C22H27FN2O/c23-21-10-4-5-11-22(21)26-20-16-25(17-20)15-19-9-6-12-24(14-19)13-18-7-2-1-3-8-18/h1-5,7-8,10-11,19-20H,6,9,12-17H2. The van der Waals surface area contributed by atoms with E-state index in [9.17, 15) is 4.39 Å². The first-order valence-electron chi connectivity index (χ1n) is 9.66. The molecule has 2 aromatic rings. The van der Waals surface area contributed by atoms with Gasteiger partial charge >= 0.3 is 0 Å². The van der Waals surface area contributed by atoms with Gasteiger partial charge in [0.15, 0.2) is 11.6 Å². The van der Waals surface area contributed by atoms with Crippen molar-refractivity contribution in [3.8, 4) is 5.75 Å². The van der Waals surface area contributed by atoms with Crippen molar-refractivity contribution in [2.24, 2.45) is 5.92 Å². The van der Waals surface area contributed by atoms with E-state index in [4.69, 9.17) is 4.74 Å². The zero-order chi connectivity index (χ0) is 17.8. The second kappa shape index (κ2) is 8.19. The van der Waals surface area contributed by atoms with Crippen molar-refractivity contribution in [2.45, 2.75) is 25.5 Å². The Balaban J connectivity index is 1.21. The Morgan fingerprint density at radius 1 is 0.923 bits per heavy atom. The summed E-state index contributed by atoms with van der Waals surface area (Å²) in [5.74, 6) is 0.834. The number of para-hydroxylation sites is 1. The van der Waals surface area contributed by atoms with Crippen LogP contribution in [0.25, 0.3) is 0 Å². The zero-order valence-corrected chi connectivity index (χ0v) is 15.2. The summed E-state index contributed by atoms with van der Waals surface area (Å²) < 4.78 is 19.4. The molecule has 0 aromatic heterocycles. The first-order chi connectivity index (χ1) is 12.8. The van der Waals surface area contributed by atoms with Crippen molar-refractivity contribution >= 4 is 0 Å². The number of piperidine rings is 1. The molecule has 2 heterocycles. The fourth-order valence-corrected chi connectivity index (χ4v) is 4.12. The van der Waals surface area contributed by atoms with Gasteiger partial charge < -0.3 is 4.74 Å². The SMILES string of the molecule is Fc1ccccc1OC1CN(CC2CCCN(Cc3ccccc3)C2)C1. The molecule has 2 aliphatic heterocycles. The maximum atomic E-state index is 13.7. The van der Waals surface area contributed by atoms with Gasteiger partial charge in [-0.1, -0.05) is 42.5 Å². The van der Waals surface area contributed by atoms with Crippen LogP contribution < -0.4 is 4.74 Å². The van der Waals surface area contributed by atoms with Crippen molar-refractivity contribution < 1.29 is 9.13 Å². The molecule has 2 aliphatic rings. The van der Waals surface area contributed by atoms with Gasteiger partial charge in [0.25, 0.3) is 0 Å². The number of hydrogen-bond acceptors (Lipinski definition) is 3. The van der Waals surface area contributed by atoms with Gasteiger partial charge in [0.05, 0.1) is 0 Å².